The quantitative estimate of drug-likeness (QED) is 0.448. The molecular formula is C23H23ClN2O3S2. The summed E-state index contributed by atoms with van der Waals surface area (Å²) in [7, 11) is -3.79. The maximum Gasteiger partial charge on any atom is 0.243 e. The van der Waals surface area contributed by atoms with E-state index in [-0.39, 0.29) is 23.4 Å². The summed E-state index contributed by atoms with van der Waals surface area (Å²) in [6, 6.07) is 19.6. The molecule has 1 aliphatic rings. The van der Waals surface area contributed by atoms with Gasteiger partial charge in [0.05, 0.1) is 18.0 Å². The van der Waals surface area contributed by atoms with Crippen LogP contribution in [0.25, 0.3) is 0 Å². The van der Waals surface area contributed by atoms with E-state index in [0.717, 1.165) is 23.3 Å². The second-order valence-corrected chi connectivity index (χ2v) is 10.9. The van der Waals surface area contributed by atoms with Crippen LogP contribution < -0.4 is 0 Å². The molecule has 8 heteroatoms. The number of halogens is 1. The zero-order valence-corrected chi connectivity index (χ0v) is 19.2. The second-order valence-electron chi connectivity index (χ2n) is 7.55. The number of amides is 1. The molecule has 0 N–H and O–H groups in total. The van der Waals surface area contributed by atoms with Gasteiger partial charge in [-0.2, -0.15) is 4.31 Å². The van der Waals surface area contributed by atoms with Crippen LogP contribution >= 0.6 is 22.9 Å². The Hall–Kier alpha value is -2.19. The smallest absolute Gasteiger partial charge is 0.243 e. The Kier molecular flexibility index (Phi) is 6.77. The van der Waals surface area contributed by atoms with Crippen molar-refractivity contribution in [2.45, 2.75) is 36.9 Å². The van der Waals surface area contributed by atoms with Gasteiger partial charge in [-0.1, -0.05) is 48.0 Å². The number of benzene rings is 2. The second kappa shape index (κ2) is 9.53. The minimum Gasteiger partial charge on any atom is -0.332 e. The summed E-state index contributed by atoms with van der Waals surface area (Å²) in [6.07, 6.45) is 1.54. The molecule has 1 amide bonds. The minimum absolute atomic E-state index is 0.134. The van der Waals surface area contributed by atoms with Gasteiger partial charge in [0.2, 0.25) is 15.9 Å². The van der Waals surface area contributed by atoms with E-state index >= 15 is 0 Å². The first-order valence-electron chi connectivity index (χ1n) is 10.0. The monoisotopic (exact) mass is 474 g/mol. The number of rotatable bonds is 9. The van der Waals surface area contributed by atoms with Gasteiger partial charge in [-0.3, -0.25) is 4.79 Å². The predicted molar refractivity (Wildman–Crippen MR) is 123 cm³/mol. The van der Waals surface area contributed by atoms with E-state index in [4.69, 9.17) is 11.6 Å². The molecule has 3 aromatic rings. The third-order valence-electron chi connectivity index (χ3n) is 5.16. The molecule has 31 heavy (non-hydrogen) atoms. The standard InChI is InChI=1S/C23H23ClN2O3S2/c24-19-8-12-22(13-9-19)31(28,29)26(20-10-11-20)17-23(27)25(16-21-7-4-14-30-21)15-18-5-2-1-3-6-18/h1-9,12-14,20H,10-11,15-17H2. The summed E-state index contributed by atoms with van der Waals surface area (Å²) in [5, 5.41) is 2.44. The van der Waals surface area contributed by atoms with Gasteiger partial charge in [-0.15, -0.1) is 11.3 Å². The average Bonchev–Trinajstić information content (AvgIpc) is 3.47. The Morgan fingerprint density at radius 1 is 0.968 bits per heavy atom. The lowest BCUT2D eigenvalue weighted by atomic mass is 10.2. The fourth-order valence-corrected chi connectivity index (χ4v) is 5.85. The summed E-state index contributed by atoms with van der Waals surface area (Å²) in [5.41, 5.74) is 1.01. The third-order valence-corrected chi connectivity index (χ3v) is 8.19. The molecule has 1 aliphatic carbocycles. The van der Waals surface area contributed by atoms with Crippen LogP contribution in [0.15, 0.2) is 77.0 Å². The summed E-state index contributed by atoms with van der Waals surface area (Å²) >= 11 is 7.50. The van der Waals surface area contributed by atoms with Crippen LogP contribution in [0.3, 0.4) is 0 Å². The van der Waals surface area contributed by atoms with Crippen LogP contribution in [0, 0.1) is 0 Å². The molecule has 0 aliphatic heterocycles. The van der Waals surface area contributed by atoms with E-state index in [1.54, 1.807) is 28.4 Å². The summed E-state index contributed by atoms with van der Waals surface area (Å²) in [5.74, 6) is -0.207. The van der Waals surface area contributed by atoms with Gasteiger partial charge in [0.15, 0.2) is 0 Å². The van der Waals surface area contributed by atoms with Crippen LogP contribution in [0.1, 0.15) is 23.3 Å². The van der Waals surface area contributed by atoms with E-state index in [2.05, 4.69) is 0 Å². The van der Waals surface area contributed by atoms with Crippen LogP contribution in [0.4, 0.5) is 0 Å². The third kappa shape index (κ3) is 5.54. The van der Waals surface area contributed by atoms with Gasteiger partial charge in [-0.05, 0) is 54.1 Å². The first-order chi connectivity index (χ1) is 14.9. The van der Waals surface area contributed by atoms with E-state index in [1.165, 1.54) is 16.4 Å². The van der Waals surface area contributed by atoms with Crippen molar-refractivity contribution in [1.82, 2.24) is 9.21 Å². The molecule has 0 radical (unpaired) electrons. The normalized spacial score (nSPS) is 14.0. The maximum absolute atomic E-state index is 13.4. The molecule has 0 saturated heterocycles. The molecule has 1 saturated carbocycles. The summed E-state index contributed by atoms with van der Waals surface area (Å²) in [4.78, 5) is 16.3. The summed E-state index contributed by atoms with van der Waals surface area (Å²) in [6.45, 7) is 0.704. The highest BCUT2D eigenvalue weighted by atomic mass is 35.5. The molecule has 2 aromatic carbocycles. The predicted octanol–water partition coefficient (Wildman–Crippen LogP) is 4.78. The molecular weight excluding hydrogens is 452 g/mol. The van der Waals surface area contributed by atoms with Crippen molar-refractivity contribution in [1.29, 1.82) is 0 Å². The number of thiophene rings is 1. The zero-order valence-electron chi connectivity index (χ0n) is 16.9. The lowest BCUT2D eigenvalue weighted by molar-refractivity contribution is -0.132. The molecule has 5 nitrogen and oxygen atoms in total. The van der Waals surface area contributed by atoms with Crippen molar-refractivity contribution >= 4 is 38.9 Å². The van der Waals surface area contributed by atoms with Crippen molar-refractivity contribution < 1.29 is 13.2 Å². The van der Waals surface area contributed by atoms with Gasteiger partial charge >= 0.3 is 0 Å². The first kappa shape index (κ1) is 22.0. The van der Waals surface area contributed by atoms with Crippen molar-refractivity contribution in [2.24, 2.45) is 0 Å². The van der Waals surface area contributed by atoms with Crippen molar-refractivity contribution in [3.63, 3.8) is 0 Å². The molecule has 0 bridgehead atoms. The van der Waals surface area contributed by atoms with E-state index in [9.17, 15) is 13.2 Å². The van der Waals surface area contributed by atoms with Crippen molar-refractivity contribution in [3.05, 3.63) is 87.6 Å². The van der Waals surface area contributed by atoms with Crippen molar-refractivity contribution in [2.75, 3.05) is 6.54 Å². The number of hydrogen-bond donors (Lipinski definition) is 0. The Balaban J connectivity index is 1.57. The fourth-order valence-electron chi connectivity index (χ4n) is 3.37. The molecule has 162 valence electrons. The SMILES string of the molecule is O=C(CN(C1CC1)S(=O)(=O)c1ccc(Cl)cc1)N(Cc1ccccc1)Cc1cccs1. The number of sulfonamides is 1. The number of carbonyl (C=O) groups is 1. The lowest BCUT2D eigenvalue weighted by Gasteiger charge is -2.27. The highest BCUT2D eigenvalue weighted by molar-refractivity contribution is 7.89. The van der Waals surface area contributed by atoms with E-state index < -0.39 is 10.0 Å². The highest BCUT2D eigenvalue weighted by Gasteiger charge is 2.40. The molecule has 1 fully saturated rings. The van der Waals surface area contributed by atoms with Crippen molar-refractivity contribution in [3.8, 4) is 0 Å². The first-order valence-corrected chi connectivity index (χ1v) is 12.7. The minimum atomic E-state index is -3.79. The molecule has 0 atom stereocenters. The Morgan fingerprint density at radius 2 is 1.68 bits per heavy atom. The van der Waals surface area contributed by atoms with Gasteiger partial charge in [0.1, 0.15) is 0 Å². The topological polar surface area (TPSA) is 57.7 Å². The molecule has 1 heterocycles. The van der Waals surface area contributed by atoms with Gasteiger partial charge in [-0.25, -0.2) is 8.42 Å². The number of hydrogen-bond acceptors (Lipinski definition) is 4. The van der Waals surface area contributed by atoms with Gasteiger partial charge < -0.3 is 4.90 Å². The van der Waals surface area contributed by atoms with Crippen LogP contribution in [-0.2, 0) is 27.9 Å². The highest BCUT2D eigenvalue weighted by Crippen LogP contribution is 2.32. The average molecular weight is 475 g/mol. The number of nitrogens with zero attached hydrogens (tertiary/aromatic N) is 2. The largest absolute Gasteiger partial charge is 0.332 e. The van der Waals surface area contributed by atoms with E-state index in [0.29, 0.717) is 18.1 Å². The molecule has 1 aromatic heterocycles. The van der Waals surface area contributed by atoms with Crippen LogP contribution in [0.2, 0.25) is 5.02 Å². The molecule has 0 spiro atoms. The summed E-state index contributed by atoms with van der Waals surface area (Å²) < 4.78 is 27.9. The Bertz CT molecular complexity index is 1110. The van der Waals surface area contributed by atoms with Gasteiger partial charge in [0.25, 0.3) is 0 Å². The van der Waals surface area contributed by atoms with Crippen LogP contribution in [0.5, 0.6) is 0 Å². The Morgan fingerprint density at radius 3 is 2.29 bits per heavy atom. The van der Waals surface area contributed by atoms with Crippen LogP contribution in [-0.4, -0.2) is 36.1 Å². The fraction of sp³-hybridized carbons (Fsp3) is 0.261. The Labute approximate surface area is 191 Å². The van der Waals surface area contributed by atoms with E-state index in [1.807, 2.05) is 47.8 Å². The lowest BCUT2D eigenvalue weighted by Crippen LogP contribution is -2.43. The molecule has 4 rings (SSSR count). The maximum atomic E-state index is 13.4. The molecule has 0 unspecified atom stereocenters. The zero-order chi connectivity index (χ0) is 21.8. The number of carbonyl (C=O) groups excluding carboxylic acids is 1. The van der Waals surface area contributed by atoms with Gasteiger partial charge in [0, 0.05) is 22.5 Å².